The van der Waals surface area contributed by atoms with E-state index in [0.717, 1.165) is 31.7 Å². The summed E-state index contributed by atoms with van der Waals surface area (Å²) in [4.78, 5) is 8.98. The predicted molar refractivity (Wildman–Crippen MR) is 84.7 cm³/mol. The van der Waals surface area contributed by atoms with E-state index in [1.165, 1.54) is 11.4 Å². The number of alkyl halides is 1. The molecule has 1 aliphatic rings. The summed E-state index contributed by atoms with van der Waals surface area (Å²) >= 11 is 6.00. The van der Waals surface area contributed by atoms with Gasteiger partial charge in [0.2, 0.25) is 0 Å². The second kappa shape index (κ2) is 6.14. The molecule has 0 aliphatic carbocycles. The van der Waals surface area contributed by atoms with Gasteiger partial charge < -0.3 is 9.80 Å². The van der Waals surface area contributed by atoms with E-state index in [1.54, 1.807) is 0 Å². The maximum Gasteiger partial charge on any atom is 0.0509 e. The monoisotopic (exact) mass is 287 g/mol. The van der Waals surface area contributed by atoms with Gasteiger partial charge in [0.05, 0.1) is 5.88 Å². The van der Waals surface area contributed by atoms with Gasteiger partial charge in [-0.1, -0.05) is 18.2 Å². The Labute approximate surface area is 124 Å². The van der Waals surface area contributed by atoms with Crippen LogP contribution in [0.2, 0.25) is 0 Å². The normalized spacial score (nSPS) is 15.4. The number of aromatic nitrogens is 1. The highest BCUT2D eigenvalue weighted by atomic mass is 35.5. The molecule has 4 heteroatoms. The second-order valence-electron chi connectivity index (χ2n) is 4.95. The number of pyridine rings is 1. The van der Waals surface area contributed by atoms with E-state index >= 15 is 0 Å². The number of benzene rings is 1. The Bertz CT molecular complexity index is 551. The van der Waals surface area contributed by atoms with Crippen LogP contribution in [0, 0.1) is 0 Å². The first-order valence-corrected chi connectivity index (χ1v) is 7.46. The van der Waals surface area contributed by atoms with Crippen LogP contribution in [-0.4, -0.2) is 31.2 Å². The zero-order valence-corrected chi connectivity index (χ0v) is 12.1. The van der Waals surface area contributed by atoms with Crippen molar-refractivity contribution in [1.29, 1.82) is 0 Å². The smallest absolute Gasteiger partial charge is 0.0509 e. The lowest BCUT2D eigenvalue weighted by Gasteiger charge is -2.38. The number of piperazine rings is 1. The molecule has 0 spiro atoms. The predicted octanol–water partition coefficient (Wildman–Crippen LogP) is 3.15. The largest absolute Gasteiger partial charge is 0.368 e. The number of para-hydroxylation sites is 1. The van der Waals surface area contributed by atoms with Gasteiger partial charge in [-0.05, 0) is 18.2 Å². The van der Waals surface area contributed by atoms with E-state index < -0.39 is 0 Å². The SMILES string of the molecule is ClCc1cnccc1N1CCN(c2ccccc2)CC1. The topological polar surface area (TPSA) is 19.4 Å². The Hall–Kier alpha value is -1.74. The van der Waals surface area contributed by atoms with Crippen LogP contribution in [0.25, 0.3) is 0 Å². The Balaban J connectivity index is 1.70. The third kappa shape index (κ3) is 2.73. The van der Waals surface area contributed by atoms with Gasteiger partial charge in [0.15, 0.2) is 0 Å². The molecule has 1 aromatic carbocycles. The Morgan fingerprint density at radius 2 is 1.65 bits per heavy atom. The fourth-order valence-corrected chi connectivity index (χ4v) is 2.88. The van der Waals surface area contributed by atoms with Gasteiger partial charge in [0.1, 0.15) is 0 Å². The van der Waals surface area contributed by atoms with Crippen molar-refractivity contribution in [3.63, 3.8) is 0 Å². The minimum atomic E-state index is 0.516. The summed E-state index contributed by atoms with van der Waals surface area (Å²) in [7, 11) is 0. The molecule has 1 saturated heterocycles. The second-order valence-corrected chi connectivity index (χ2v) is 5.21. The Kier molecular flexibility index (Phi) is 4.07. The van der Waals surface area contributed by atoms with Crippen LogP contribution in [0.15, 0.2) is 48.8 Å². The molecule has 2 aromatic rings. The molecule has 104 valence electrons. The van der Waals surface area contributed by atoms with Crippen LogP contribution in [0.1, 0.15) is 5.56 Å². The van der Waals surface area contributed by atoms with E-state index in [2.05, 4.69) is 51.2 Å². The first-order chi connectivity index (χ1) is 9.88. The van der Waals surface area contributed by atoms with Crippen LogP contribution in [0.3, 0.4) is 0 Å². The molecule has 0 amide bonds. The molecule has 0 N–H and O–H groups in total. The molecule has 0 saturated carbocycles. The molecular weight excluding hydrogens is 270 g/mol. The minimum absolute atomic E-state index is 0.516. The highest BCUT2D eigenvalue weighted by Crippen LogP contribution is 2.24. The maximum absolute atomic E-state index is 6.00. The van der Waals surface area contributed by atoms with Gasteiger partial charge in [-0.25, -0.2) is 0 Å². The maximum atomic E-state index is 6.00. The fourth-order valence-electron chi connectivity index (χ4n) is 2.68. The molecule has 3 rings (SSSR count). The average Bonchev–Trinajstić information content (AvgIpc) is 2.56. The lowest BCUT2D eigenvalue weighted by Crippen LogP contribution is -2.46. The lowest BCUT2D eigenvalue weighted by atomic mass is 10.2. The third-order valence-electron chi connectivity index (χ3n) is 3.76. The van der Waals surface area contributed by atoms with E-state index in [1.807, 2.05) is 12.4 Å². The summed E-state index contributed by atoms with van der Waals surface area (Å²) in [6, 6.07) is 12.7. The summed E-state index contributed by atoms with van der Waals surface area (Å²) in [5.41, 5.74) is 3.64. The number of nitrogens with zero attached hydrogens (tertiary/aromatic N) is 3. The zero-order valence-electron chi connectivity index (χ0n) is 11.4. The molecular formula is C16H18ClN3. The van der Waals surface area contributed by atoms with E-state index in [0.29, 0.717) is 5.88 Å². The average molecular weight is 288 g/mol. The number of hydrogen-bond acceptors (Lipinski definition) is 3. The quantitative estimate of drug-likeness (QED) is 0.809. The van der Waals surface area contributed by atoms with Crippen molar-refractivity contribution in [1.82, 2.24) is 4.98 Å². The van der Waals surface area contributed by atoms with Gasteiger partial charge in [0, 0.05) is 55.5 Å². The van der Waals surface area contributed by atoms with E-state index in [9.17, 15) is 0 Å². The van der Waals surface area contributed by atoms with Crippen LogP contribution in [0.5, 0.6) is 0 Å². The fraction of sp³-hybridized carbons (Fsp3) is 0.312. The lowest BCUT2D eigenvalue weighted by molar-refractivity contribution is 0.652. The molecule has 1 aliphatic heterocycles. The van der Waals surface area contributed by atoms with Crippen molar-refractivity contribution in [2.45, 2.75) is 5.88 Å². The number of halogens is 1. The first-order valence-electron chi connectivity index (χ1n) is 6.92. The van der Waals surface area contributed by atoms with Crippen molar-refractivity contribution >= 4 is 23.0 Å². The standard InChI is InChI=1S/C16H18ClN3/c17-12-14-13-18-7-6-16(14)20-10-8-19(9-11-20)15-4-2-1-3-5-15/h1-7,13H,8-12H2. The van der Waals surface area contributed by atoms with Gasteiger partial charge in [-0.3, -0.25) is 4.98 Å². The van der Waals surface area contributed by atoms with E-state index in [4.69, 9.17) is 11.6 Å². The first kappa shape index (κ1) is 13.3. The van der Waals surface area contributed by atoms with Gasteiger partial charge in [-0.2, -0.15) is 0 Å². The van der Waals surface area contributed by atoms with Crippen molar-refractivity contribution in [2.24, 2.45) is 0 Å². The third-order valence-corrected chi connectivity index (χ3v) is 4.05. The zero-order chi connectivity index (χ0) is 13.8. The summed E-state index contributed by atoms with van der Waals surface area (Å²) in [5, 5.41) is 0. The summed E-state index contributed by atoms with van der Waals surface area (Å²) in [6.07, 6.45) is 3.71. The number of anilines is 2. The molecule has 0 atom stereocenters. The number of rotatable bonds is 3. The van der Waals surface area contributed by atoms with Crippen molar-refractivity contribution < 1.29 is 0 Å². The Morgan fingerprint density at radius 1 is 0.950 bits per heavy atom. The van der Waals surface area contributed by atoms with Crippen LogP contribution in [0.4, 0.5) is 11.4 Å². The Morgan fingerprint density at radius 3 is 2.35 bits per heavy atom. The van der Waals surface area contributed by atoms with Crippen LogP contribution < -0.4 is 9.80 Å². The minimum Gasteiger partial charge on any atom is -0.368 e. The van der Waals surface area contributed by atoms with Gasteiger partial charge >= 0.3 is 0 Å². The molecule has 2 heterocycles. The molecule has 0 unspecified atom stereocenters. The van der Waals surface area contributed by atoms with Gasteiger partial charge in [0.25, 0.3) is 0 Å². The molecule has 1 aromatic heterocycles. The highest BCUT2D eigenvalue weighted by Gasteiger charge is 2.19. The molecule has 0 radical (unpaired) electrons. The molecule has 20 heavy (non-hydrogen) atoms. The summed E-state index contributed by atoms with van der Waals surface area (Å²) in [5.74, 6) is 0.516. The van der Waals surface area contributed by atoms with Crippen molar-refractivity contribution in [3.8, 4) is 0 Å². The van der Waals surface area contributed by atoms with Crippen molar-refractivity contribution in [3.05, 3.63) is 54.4 Å². The van der Waals surface area contributed by atoms with Crippen molar-refractivity contribution in [2.75, 3.05) is 36.0 Å². The van der Waals surface area contributed by atoms with Gasteiger partial charge in [-0.15, -0.1) is 11.6 Å². The summed E-state index contributed by atoms with van der Waals surface area (Å²) < 4.78 is 0. The van der Waals surface area contributed by atoms with Crippen LogP contribution in [-0.2, 0) is 5.88 Å². The summed E-state index contributed by atoms with van der Waals surface area (Å²) in [6.45, 7) is 4.10. The molecule has 1 fully saturated rings. The number of hydrogen-bond donors (Lipinski definition) is 0. The highest BCUT2D eigenvalue weighted by molar-refractivity contribution is 6.17. The van der Waals surface area contributed by atoms with Crippen LogP contribution >= 0.6 is 11.6 Å². The molecule has 0 bridgehead atoms. The molecule has 3 nitrogen and oxygen atoms in total. The van der Waals surface area contributed by atoms with E-state index in [-0.39, 0.29) is 0 Å².